The molecule has 0 bridgehead atoms. The van der Waals surface area contributed by atoms with Gasteiger partial charge in [-0.25, -0.2) is 8.42 Å². The predicted octanol–water partition coefficient (Wildman–Crippen LogP) is 2.88. The lowest BCUT2D eigenvalue weighted by molar-refractivity contribution is -0.166. The number of unbranched alkanes of at least 4 members (excludes halogenated alkanes) is 1. The number of rotatable bonds is 9. The van der Waals surface area contributed by atoms with E-state index in [1.165, 1.54) is 0 Å². The fourth-order valence-corrected chi connectivity index (χ4v) is 6.75. The van der Waals surface area contributed by atoms with E-state index < -0.39 is 27.7 Å². The number of benzene rings is 1. The Kier molecular flexibility index (Phi) is 10.5. The number of carbonyl (C=O) groups is 2. The minimum absolute atomic E-state index is 0. The van der Waals surface area contributed by atoms with Gasteiger partial charge in [0.05, 0.1) is 12.4 Å². The number of carbonyl (C=O) groups excluding carboxylic acids is 2. The molecule has 214 valence electrons. The lowest BCUT2D eigenvalue weighted by Gasteiger charge is -2.52. The van der Waals surface area contributed by atoms with Crippen LogP contribution >= 0.6 is 12.4 Å². The fraction of sp³-hybridized carbons (Fsp3) is 0.704. The van der Waals surface area contributed by atoms with E-state index in [4.69, 9.17) is 0 Å². The first-order chi connectivity index (χ1) is 17.6. The minimum Gasteiger partial charge on any atom is -0.390 e. The number of sulfonamides is 1. The van der Waals surface area contributed by atoms with Crippen molar-refractivity contribution in [2.75, 3.05) is 30.6 Å². The van der Waals surface area contributed by atoms with Gasteiger partial charge in [-0.15, -0.1) is 12.4 Å². The summed E-state index contributed by atoms with van der Waals surface area (Å²) in [6.45, 7) is 4.63. The molecular formula is C27H43ClN4O5S. The highest BCUT2D eigenvalue weighted by Crippen LogP contribution is 2.36. The average Bonchev–Trinajstić information content (AvgIpc) is 2.88. The summed E-state index contributed by atoms with van der Waals surface area (Å²) in [5.74, 6) is -0.196. The maximum atomic E-state index is 13.7. The Morgan fingerprint density at radius 2 is 1.74 bits per heavy atom. The molecule has 1 aromatic rings. The topological polar surface area (TPSA) is 119 Å². The molecule has 0 unspecified atom stereocenters. The van der Waals surface area contributed by atoms with Crippen LogP contribution < -0.4 is 10.0 Å². The number of piperazine rings is 1. The normalized spacial score (nSPS) is 23.6. The van der Waals surface area contributed by atoms with E-state index in [9.17, 15) is 23.1 Å². The van der Waals surface area contributed by atoms with Gasteiger partial charge in [0.25, 0.3) is 0 Å². The first-order valence-corrected chi connectivity index (χ1v) is 15.6. The van der Waals surface area contributed by atoms with E-state index in [0.29, 0.717) is 44.7 Å². The highest BCUT2D eigenvalue weighted by atomic mass is 35.5. The van der Waals surface area contributed by atoms with Gasteiger partial charge < -0.3 is 15.3 Å². The van der Waals surface area contributed by atoms with Crippen LogP contribution in [0.2, 0.25) is 0 Å². The fourth-order valence-electron chi connectivity index (χ4n) is 6.19. The van der Waals surface area contributed by atoms with Crippen LogP contribution in [0.4, 0.5) is 5.69 Å². The Balaban J connectivity index is 0.00000400. The molecule has 3 fully saturated rings. The first kappa shape index (κ1) is 30.7. The zero-order valence-corrected chi connectivity index (χ0v) is 24.2. The molecule has 1 spiro atoms. The van der Waals surface area contributed by atoms with Crippen molar-refractivity contribution in [3.8, 4) is 0 Å². The van der Waals surface area contributed by atoms with Gasteiger partial charge >= 0.3 is 0 Å². The maximum absolute atomic E-state index is 13.7. The molecule has 0 aromatic heterocycles. The Morgan fingerprint density at radius 3 is 2.32 bits per heavy atom. The van der Waals surface area contributed by atoms with Gasteiger partial charge in [-0.1, -0.05) is 44.7 Å². The van der Waals surface area contributed by atoms with E-state index in [1.807, 2.05) is 12.1 Å². The second kappa shape index (κ2) is 13.0. The smallest absolute Gasteiger partial charge is 0.248 e. The van der Waals surface area contributed by atoms with Crippen LogP contribution in [0, 0.1) is 5.92 Å². The molecule has 1 saturated carbocycles. The van der Waals surface area contributed by atoms with Crippen molar-refractivity contribution in [2.24, 2.45) is 5.92 Å². The van der Waals surface area contributed by atoms with Crippen LogP contribution in [0.25, 0.3) is 0 Å². The summed E-state index contributed by atoms with van der Waals surface area (Å²) in [6, 6.07) is 6.45. The number of nitrogens with one attached hydrogen (secondary N) is 2. The number of amides is 2. The van der Waals surface area contributed by atoms with Gasteiger partial charge in [-0.3, -0.25) is 19.2 Å². The molecule has 2 amide bonds. The van der Waals surface area contributed by atoms with Gasteiger partial charge in [0.1, 0.15) is 11.6 Å². The Hall–Kier alpha value is -1.88. The number of hydrogen-bond acceptors (Lipinski definition) is 6. The van der Waals surface area contributed by atoms with Gasteiger partial charge in [0, 0.05) is 31.9 Å². The van der Waals surface area contributed by atoms with Gasteiger partial charge in [0.15, 0.2) is 0 Å². The summed E-state index contributed by atoms with van der Waals surface area (Å²) in [5.41, 5.74) is 0.713. The second-order valence-electron chi connectivity index (χ2n) is 11.1. The van der Waals surface area contributed by atoms with Gasteiger partial charge in [-0.05, 0) is 55.7 Å². The zero-order chi connectivity index (χ0) is 26.6. The zero-order valence-electron chi connectivity index (χ0n) is 22.5. The van der Waals surface area contributed by atoms with Crippen LogP contribution in [0.5, 0.6) is 0 Å². The largest absolute Gasteiger partial charge is 0.390 e. The van der Waals surface area contributed by atoms with Crippen LogP contribution in [-0.4, -0.2) is 78.7 Å². The molecule has 11 heteroatoms. The SMILES string of the molecule is CCCCN1C(=O)[C@@H]([C@H](O)C2CCCCC2)NC(=O)C12CCN(Cc1ccc(NS(C)(=O)=O)cc1)CC2.Cl. The Labute approximate surface area is 233 Å². The number of aliphatic hydroxyl groups is 1. The molecule has 4 rings (SSSR count). The number of nitrogens with zero attached hydrogens (tertiary/aromatic N) is 2. The van der Waals surface area contributed by atoms with E-state index in [0.717, 1.165) is 56.8 Å². The lowest BCUT2D eigenvalue weighted by Crippen LogP contribution is -2.75. The molecule has 1 aliphatic carbocycles. The van der Waals surface area contributed by atoms with Gasteiger partial charge in [0.2, 0.25) is 21.8 Å². The monoisotopic (exact) mass is 570 g/mol. The molecule has 2 aliphatic heterocycles. The first-order valence-electron chi connectivity index (χ1n) is 13.7. The van der Waals surface area contributed by atoms with Crippen LogP contribution in [0.15, 0.2) is 24.3 Å². The summed E-state index contributed by atoms with van der Waals surface area (Å²) in [7, 11) is -3.32. The number of anilines is 1. The summed E-state index contributed by atoms with van der Waals surface area (Å²) in [5, 5.41) is 14.1. The van der Waals surface area contributed by atoms with Crippen LogP contribution in [0.1, 0.15) is 70.3 Å². The number of likely N-dealkylation sites (tertiary alicyclic amines) is 1. The van der Waals surface area contributed by atoms with Crippen molar-refractivity contribution < 1.29 is 23.1 Å². The third kappa shape index (κ3) is 7.00. The predicted molar refractivity (Wildman–Crippen MR) is 151 cm³/mol. The highest BCUT2D eigenvalue weighted by molar-refractivity contribution is 7.92. The highest BCUT2D eigenvalue weighted by Gasteiger charge is 2.55. The average molecular weight is 571 g/mol. The summed E-state index contributed by atoms with van der Waals surface area (Å²) in [6.07, 6.45) is 8.23. The molecule has 2 saturated heterocycles. The number of hydrogen-bond donors (Lipinski definition) is 3. The van der Waals surface area contributed by atoms with E-state index >= 15 is 0 Å². The molecule has 3 N–H and O–H groups in total. The molecule has 0 radical (unpaired) electrons. The quantitative estimate of drug-likeness (QED) is 0.420. The van der Waals surface area contributed by atoms with Crippen LogP contribution in [0.3, 0.4) is 0 Å². The van der Waals surface area contributed by atoms with Crippen molar-refractivity contribution in [1.82, 2.24) is 15.1 Å². The molecular weight excluding hydrogens is 528 g/mol. The van der Waals surface area contributed by atoms with E-state index in [-0.39, 0.29) is 30.1 Å². The summed E-state index contributed by atoms with van der Waals surface area (Å²) >= 11 is 0. The molecule has 2 heterocycles. The molecule has 3 aliphatic rings. The number of halogens is 1. The molecule has 38 heavy (non-hydrogen) atoms. The second-order valence-corrected chi connectivity index (χ2v) is 12.8. The third-order valence-corrected chi connectivity index (χ3v) is 8.92. The number of piperidine rings is 1. The minimum atomic E-state index is -3.32. The molecule has 9 nitrogen and oxygen atoms in total. The standard InChI is InChI=1S/C27H42N4O5S.ClH/c1-3-4-16-31-25(33)23(24(32)21-8-6-5-7-9-21)28-26(34)27(31)14-17-30(18-15-27)19-20-10-12-22(13-11-20)29-37(2,35)36;/h10-13,21,23-24,29,32H,3-9,14-19H2,1-2H3,(H,28,34);1H/t23-,24-;/m1./s1. The van der Waals surface area contributed by atoms with E-state index in [1.54, 1.807) is 17.0 Å². The van der Waals surface area contributed by atoms with Crippen molar-refractivity contribution in [3.63, 3.8) is 0 Å². The molecule has 1 aromatic carbocycles. The summed E-state index contributed by atoms with van der Waals surface area (Å²) < 4.78 is 25.3. The van der Waals surface area contributed by atoms with Crippen molar-refractivity contribution in [2.45, 2.75) is 88.9 Å². The number of aliphatic hydroxyl groups excluding tert-OH is 1. The summed E-state index contributed by atoms with van der Waals surface area (Å²) in [4.78, 5) is 31.4. The van der Waals surface area contributed by atoms with E-state index in [2.05, 4.69) is 21.9 Å². The van der Waals surface area contributed by atoms with Crippen molar-refractivity contribution in [1.29, 1.82) is 0 Å². The Morgan fingerprint density at radius 1 is 1.11 bits per heavy atom. The van der Waals surface area contributed by atoms with Crippen molar-refractivity contribution >= 4 is 39.9 Å². The lowest BCUT2D eigenvalue weighted by atomic mass is 9.78. The van der Waals surface area contributed by atoms with Gasteiger partial charge in [-0.2, -0.15) is 0 Å². The van der Waals surface area contributed by atoms with Crippen LogP contribution in [-0.2, 0) is 26.2 Å². The van der Waals surface area contributed by atoms with Crippen molar-refractivity contribution in [3.05, 3.63) is 29.8 Å². The Bertz CT molecular complexity index is 1050. The third-order valence-electron chi connectivity index (χ3n) is 8.31. The molecule has 2 atom stereocenters. The maximum Gasteiger partial charge on any atom is 0.248 e.